The Balaban J connectivity index is 1.43. The number of nitrogens with one attached hydrogen (secondary N) is 1. The minimum atomic E-state index is -0.276. The number of carbonyl (C=O) groups excluding carboxylic acids is 1. The maximum absolute atomic E-state index is 12.5. The van der Waals surface area contributed by atoms with E-state index in [1.165, 1.54) is 14.2 Å². The Morgan fingerprint density at radius 1 is 0.857 bits per heavy atom. The molecule has 0 spiro atoms. The minimum absolute atomic E-state index is 0.203. The van der Waals surface area contributed by atoms with Crippen molar-refractivity contribution in [1.29, 1.82) is 0 Å². The van der Waals surface area contributed by atoms with Crippen molar-refractivity contribution in [1.82, 2.24) is 25.1 Å². The van der Waals surface area contributed by atoms with E-state index in [-0.39, 0.29) is 19.1 Å². The lowest BCUT2D eigenvalue weighted by Gasteiger charge is -2.10. The van der Waals surface area contributed by atoms with Gasteiger partial charge in [0.25, 0.3) is 5.91 Å². The van der Waals surface area contributed by atoms with Crippen molar-refractivity contribution in [3.05, 3.63) is 54.1 Å². The zero-order valence-electron chi connectivity index (χ0n) is 19.8. The number of amides is 1. The van der Waals surface area contributed by atoms with Crippen LogP contribution in [0.5, 0.6) is 28.9 Å². The highest BCUT2D eigenvalue weighted by Gasteiger charge is 2.16. The number of benzene rings is 2. The largest absolute Gasteiger partial charge is 0.497 e. The summed E-state index contributed by atoms with van der Waals surface area (Å²) in [4.78, 5) is 12.5. The van der Waals surface area contributed by atoms with Gasteiger partial charge in [0.05, 0.1) is 40.5 Å². The van der Waals surface area contributed by atoms with Crippen LogP contribution in [0.1, 0.15) is 10.4 Å². The topological polar surface area (TPSA) is 118 Å². The Bertz CT molecular complexity index is 1320. The van der Waals surface area contributed by atoms with E-state index in [0.717, 1.165) is 0 Å². The molecule has 4 aromatic rings. The molecule has 2 aromatic heterocycles. The second-order valence-electron chi connectivity index (χ2n) is 7.24. The first-order valence-electron chi connectivity index (χ1n) is 10.6. The van der Waals surface area contributed by atoms with E-state index >= 15 is 0 Å². The van der Waals surface area contributed by atoms with Crippen molar-refractivity contribution in [3.8, 4) is 40.3 Å². The van der Waals surface area contributed by atoms with Gasteiger partial charge in [-0.3, -0.25) is 4.79 Å². The molecule has 0 aliphatic heterocycles. The molecular formula is C24H25N5O6. The number of hydrogen-bond acceptors (Lipinski definition) is 9. The van der Waals surface area contributed by atoms with Crippen LogP contribution in [-0.4, -0.2) is 67.3 Å². The quantitative estimate of drug-likeness (QED) is 0.342. The predicted molar refractivity (Wildman–Crippen MR) is 127 cm³/mol. The number of methoxy groups -OCH3 is 4. The van der Waals surface area contributed by atoms with Crippen molar-refractivity contribution in [2.24, 2.45) is 0 Å². The highest BCUT2D eigenvalue weighted by molar-refractivity contribution is 5.95. The van der Waals surface area contributed by atoms with Crippen LogP contribution in [-0.2, 0) is 0 Å². The van der Waals surface area contributed by atoms with E-state index in [0.29, 0.717) is 51.5 Å². The Kier molecular flexibility index (Phi) is 7.15. The van der Waals surface area contributed by atoms with E-state index in [4.69, 9.17) is 23.7 Å². The van der Waals surface area contributed by atoms with Gasteiger partial charge in [-0.1, -0.05) is 0 Å². The summed E-state index contributed by atoms with van der Waals surface area (Å²) < 4.78 is 28.5. The Morgan fingerprint density at radius 3 is 2.29 bits per heavy atom. The molecule has 11 heteroatoms. The molecule has 35 heavy (non-hydrogen) atoms. The smallest absolute Gasteiger partial charge is 0.251 e. The highest BCUT2D eigenvalue weighted by Crippen LogP contribution is 2.32. The van der Waals surface area contributed by atoms with Gasteiger partial charge in [-0.2, -0.15) is 4.52 Å². The summed E-state index contributed by atoms with van der Waals surface area (Å²) in [6.45, 7) is 0.466. The first-order chi connectivity index (χ1) is 17.1. The summed E-state index contributed by atoms with van der Waals surface area (Å²) in [5.74, 6) is 2.85. The number of ether oxygens (including phenoxy) is 5. The monoisotopic (exact) mass is 479 g/mol. The van der Waals surface area contributed by atoms with E-state index in [1.807, 2.05) is 6.07 Å². The van der Waals surface area contributed by atoms with Crippen molar-refractivity contribution in [3.63, 3.8) is 0 Å². The molecule has 182 valence electrons. The number of fused-ring (bicyclic) bond motifs is 1. The van der Waals surface area contributed by atoms with Crippen LogP contribution in [0, 0.1) is 0 Å². The van der Waals surface area contributed by atoms with Gasteiger partial charge in [-0.15, -0.1) is 15.3 Å². The van der Waals surface area contributed by atoms with Gasteiger partial charge in [0.2, 0.25) is 5.88 Å². The minimum Gasteiger partial charge on any atom is -0.497 e. The SMILES string of the molecule is COc1cc(OC)cc(C(=O)NCCOc2ccc3nnc(-c4ccc(OC)cc4OC)n3n2)c1. The van der Waals surface area contributed by atoms with E-state index in [9.17, 15) is 4.79 Å². The van der Waals surface area contributed by atoms with Crippen LogP contribution < -0.4 is 29.0 Å². The fourth-order valence-corrected chi connectivity index (χ4v) is 3.36. The normalized spacial score (nSPS) is 10.6. The number of hydrogen-bond donors (Lipinski definition) is 1. The lowest BCUT2D eigenvalue weighted by Crippen LogP contribution is -2.28. The summed E-state index contributed by atoms with van der Waals surface area (Å²) >= 11 is 0. The standard InChI is InChI=1S/C24H25N5O6/c1-31-16-5-6-19(20(14-16)34-4)23-27-26-21-7-8-22(28-29(21)23)35-10-9-25-24(30)15-11-17(32-2)13-18(12-15)33-3/h5-8,11-14H,9-10H2,1-4H3,(H,25,30). The predicted octanol–water partition coefficient (Wildman–Crippen LogP) is 2.63. The third-order valence-electron chi connectivity index (χ3n) is 5.14. The first-order valence-corrected chi connectivity index (χ1v) is 10.6. The summed E-state index contributed by atoms with van der Waals surface area (Å²) in [5, 5.41) is 15.7. The molecule has 0 fully saturated rings. The molecular weight excluding hydrogens is 454 g/mol. The zero-order chi connectivity index (χ0) is 24.8. The van der Waals surface area contributed by atoms with Crippen LogP contribution in [0.25, 0.3) is 17.0 Å². The van der Waals surface area contributed by atoms with Crippen LogP contribution in [0.4, 0.5) is 0 Å². The third-order valence-corrected chi connectivity index (χ3v) is 5.14. The van der Waals surface area contributed by atoms with Gasteiger partial charge < -0.3 is 29.0 Å². The fraction of sp³-hybridized carbons (Fsp3) is 0.250. The van der Waals surface area contributed by atoms with Crippen LogP contribution in [0.3, 0.4) is 0 Å². The number of carbonyl (C=O) groups is 1. The van der Waals surface area contributed by atoms with Crippen molar-refractivity contribution < 1.29 is 28.5 Å². The maximum atomic E-state index is 12.5. The lowest BCUT2D eigenvalue weighted by atomic mass is 10.2. The molecule has 0 saturated heterocycles. The maximum Gasteiger partial charge on any atom is 0.251 e. The van der Waals surface area contributed by atoms with Crippen LogP contribution >= 0.6 is 0 Å². The molecule has 11 nitrogen and oxygen atoms in total. The van der Waals surface area contributed by atoms with Gasteiger partial charge >= 0.3 is 0 Å². The molecule has 0 unspecified atom stereocenters. The average molecular weight is 479 g/mol. The number of rotatable bonds is 10. The molecule has 0 aliphatic carbocycles. The van der Waals surface area contributed by atoms with Gasteiger partial charge in [-0.05, 0) is 30.3 Å². The molecule has 4 rings (SSSR count). The van der Waals surface area contributed by atoms with Crippen molar-refractivity contribution >= 4 is 11.6 Å². The van der Waals surface area contributed by atoms with Crippen molar-refractivity contribution in [2.75, 3.05) is 41.6 Å². The molecule has 0 radical (unpaired) electrons. The third kappa shape index (κ3) is 5.18. The van der Waals surface area contributed by atoms with E-state index in [2.05, 4.69) is 20.6 Å². The van der Waals surface area contributed by atoms with Gasteiger partial charge in [-0.25, -0.2) is 0 Å². The molecule has 2 aromatic carbocycles. The fourth-order valence-electron chi connectivity index (χ4n) is 3.36. The van der Waals surface area contributed by atoms with Crippen LogP contribution in [0.2, 0.25) is 0 Å². The Hall–Kier alpha value is -4.54. The number of aromatic nitrogens is 4. The summed E-state index contributed by atoms with van der Waals surface area (Å²) in [7, 11) is 6.21. The molecule has 1 amide bonds. The first kappa shape index (κ1) is 23.6. The lowest BCUT2D eigenvalue weighted by molar-refractivity contribution is 0.0945. The Morgan fingerprint density at radius 2 is 1.60 bits per heavy atom. The second kappa shape index (κ2) is 10.6. The average Bonchev–Trinajstić information content (AvgIpc) is 3.33. The van der Waals surface area contributed by atoms with Gasteiger partial charge in [0.15, 0.2) is 11.5 Å². The summed E-state index contributed by atoms with van der Waals surface area (Å²) in [5.41, 5.74) is 1.67. The Labute approximate surface area is 201 Å². The van der Waals surface area contributed by atoms with Gasteiger partial charge in [0, 0.05) is 23.8 Å². The van der Waals surface area contributed by atoms with E-state index in [1.54, 1.807) is 61.2 Å². The number of nitrogens with zero attached hydrogens (tertiary/aromatic N) is 4. The molecule has 0 atom stereocenters. The molecule has 0 aliphatic rings. The highest BCUT2D eigenvalue weighted by atomic mass is 16.5. The molecule has 0 saturated carbocycles. The summed E-state index contributed by atoms with van der Waals surface area (Å²) in [6.07, 6.45) is 0. The van der Waals surface area contributed by atoms with Crippen molar-refractivity contribution in [2.45, 2.75) is 0 Å². The summed E-state index contributed by atoms with van der Waals surface area (Å²) in [6, 6.07) is 13.8. The van der Waals surface area contributed by atoms with Gasteiger partial charge in [0.1, 0.15) is 29.6 Å². The zero-order valence-corrected chi connectivity index (χ0v) is 19.8. The second-order valence-corrected chi connectivity index (χ2v) is 7.24. The molecule has 0 bridgehead atoms. The molecule has 2 heterocycles. The molecule has 1 N–H and O–H groups in total. The van der Waals surface area contributed by atoms with Crippen LogP contribution in [0.15, 0.2) is 48.5 Å². The van der Waals surface area contributed by atoms with E-state index < -0.39 is 0 Å².